The van der Waals surface area contributed by atoms with Crippen molar-refractivity contribution in [2.45, 2.75) is 45.8 Å². The molecule has 1 aliphatic rings. The van der Waals surface area contributed by atoms with Crippen molar-refractivity contribution in [1.29, 1.82) is 0 Å². The van der Waals surface area contributed by atoms with Crippen LogP contribution < -0.4 is 4.90 Å². The van der Waals surface area contributed by atoms with E-state index >= 15 is 0 Å². The first-order valence-corrected chi connectivity index (χ1v) is 11.8. The molecule has 4 aromatic rings. The highest BCUT2D eigenvalue weighted by Gasteiger charge is 2.34. The quantitative estimate of drug-likeness (QED) is 0.313. The smallest absolute Gasteiger partial charge is 0.367 e. The van der Waals surface area contributed by atoms with Crippen LogP contribution in [0.1, 0.15) is 47.7 Å². The lowest BCUT2D eigenvalue weighted by molar-refractivity contribution is -0.138. The Morgan fingerprint density at radius 3 is 2.46 bits per heavy atom. The number of aryl methyl sites for hydroxylation is 1. The summed E-state index contributed by atoms with van der Waals surface area (Å²) in [4.78, 5) is 7.10. The van der Waals surface area contributed by atoms with Crippen LogP contribution in [-0.4, -0.2) is 21.3 Å². The molecule has 0 atom stereocenters. The average Bonchev–Trinajstić information content (AvgIpc) is 3.42. The molecule has 0 N–H and O–H groups in total. The molecule has 0 bridgehead atoms. The zero-order valence-corrected chi connectivity index (χ0v) is 20.0. The zero-order chi connectivity index (χ0) is 24.7. The number of hydrogen-bond acceptors (Lipinski definition) is 3. The van der Waals surface area contributed by atoms with Gasteiger partial charge in [-0.2, -0.15) is 18.3 Å². The molecule has 0 aliphatic carbocycles. The second kappa shape index (κ2) is 8.87. The van der Waals surface area contributed by atoms with Crippen molar-refractivity contribution in [3.63, 3.8) is 0 Å². The lowest BCUT2D eigenvalue weighted by Gasteiger charge is -2.21. The Kier molecular flexibility index (Phi) is 5.87. The second-order valence-corrected chi connectivity index (χ2v) is 9.35. The fraction of sp³-hybridized carbons (Fsp3) is 0.286. The van der Waals surface area contributed by atoms with E-state index in [0.29, 0.717) is 18.2 Å². The summed E-state index contributed by atoms with van der Waals surface area (Å²) in [5.41, 5.74) is 6.79. The number of benzene rings is 2. The van der Waals surface area contributed by atoms with Crippen LogP contribution in [-0.2, 0) is 19.1 Å². The van der Waals surface area contributed by atoms with E-state index in [2.05, 4.69) is 48.1 Å². The first-order valence-electron chi connectivity index (χ1n) is 11.8. The van der Waals surface area contributed by atoms with Crippen LogP contribution in [0.4, 0.5) is 18.9 Å². The number of aromatic nitrogens is 3. The van der Waals surface area contributed by atoms with E-state index in [1.54, 1.807) is 0 Å². The molecule has 35 heavy (non-hydrogen) atoms. The van der Waals surface area contributed by atoms with Crippen molar-refractivity contribution in [3.05, 3.63) is 94.9 Å². The maximum absolute atomic E-state index is 13.1. The predicted molar refractivity (Wildman–Crippen MR) is 132 cm³/mol. The summed E-state index contributed by atoms with van der Waals surface area (Å²) in [6.45, 7) is 7.38. The molecule has 0 unspecified atom stereocenters. The highest BCUT2D eigenvalue weighted by atomic mass is 19.4. The number of halogens is 3. The lowest BCUT2D eigenvalue weighted by Crippen LogP contribution is -2.19. The van der Waals surface area contributed by atoms with E-state index in [1.807, 2.05) is 36.5 Å². The van der Waals surface area contributed by atoms with Crippen LogP contribution in [0.5, 0.6) is 0 Å². The van der Waals surface area contributed by atoms with Crippen LogP contribution in [0.3, 0.4) is 0 Å². The summed E-state index contributed by atoms with van der Waals surface area (Å²) in [5, 5.41) is 4.05. The number of rotatable bonds is 5. The Morgan fingerprint density at radius 2 is 1.77 bits per heavy atom. The molecular weight excluding hydrogens is 449 g/mol. The fourth-order valence-electron chi connectivity index (χ4n) is 4.73. The maximum Gasteiger partial charge on any atom is 0.419 e. The number of nitrogens with zero attached hydrogens (tertiary/aromatic N) is 4. The van der Waals surface area contributed by atoms with Crippen molar-refractivity contribution >= 4 is 5.69 Å². The van der Waals surface area contributed by atoms with Gasteiger partial charge in [-0.3, -0.25) is 4.98 Å². The van der Waals surface area contributed by atoms with E-state index in [0.717, 1.165) is 36.0 Å². The average molecular weight is 477 g/mol. The summed E-state index contributed by atoms with van der Waals surface area (Å²) in [5.74, 6) is 0.404. The summed E-state index contributed by atoms with van der Waals surface area (Å²) < 4.78 is 40.7. The van der Waals surface area contributed by atoms with Gasteiger partial charge in [-0.25, -0.2) is 4.68 Å². The summed E-state index contributed by atoms with van der Waals surface area (Å²) in [6.07, 6.45) is -0.429. The molecular formula is C28H27F3N4. The number of alkyl halides is 3. The largest absolute Gasteiger partial charge is 0.419 e. The van der Waals surface area contributed by atoms with Crippen molar-refractivity contribution in [3.8, 4) is 16.9 Å². The molecule has 0 fully saturated rings. The Bertz CT molecular complexity index is 1350. The van der Waals surface area contributed by atoms with Crippen LogP contribution in [0.25, 0.3) is 16.9 Å². The van der Waals surface area contributed by atoms with Gasteiger partial charge in [0.15, 0.2) is 0 Å². The van der Waals surface area contributed by atoms with Crippen molar-refractivity contribution in [1.82, 2.24) is 14.8 Å². The molecule has 5 rings (SSSR count). The number of pyridine rings is 1. The van der Waals surface area contributed by atoms with Crippen LogP contribution >= 0.6 is 0 Å². The van der Waals surface area contributed by atoms with E-state index in [4.69, 9.17) is 4.98 Å². The SMILES string of the molecule is Cc1nn(-c2ccc(CN3CCc4cnc(-c5ccccc5C(C)C)cc43)cc2)cc1C(F)(F)F. The van der Waals surface area contributed by atoms with E-state index < -0.39 is 11.7 Å². The minimum absolute atomic E-state index is 0.0290. The zero-order valence-electron chi connectivity index (χ0n) is 20.0. The summed E-state index contributed by atoms with van der Waals surface area (Å²) in [6, 6.07) is 18.1. The van der Waals surface area contributed by atoms with Gasteiger partial charge in [-0.1, -0.05) is 50.2 Å². The van der Waals surface area contributed by atoms with Gasteiger partial charge >= 0.3 is 6.18 Å². The van der Waals surface area contributed by atoms with Gasteiger partial charge in [0.25, 0.3) is 0 Å². The monoisotopic (exact) mass is 476 g/mol. The standard InChI is InChI=1S/C28H27F3N4/c1-18(2)23-6-4-5-7-24(23)26-14-27-21(15-32-26)12-13-34(27)16-20-8-10-22(11-9-20)35-17-25(19(3)33-35)28(29,30)31/h4-11,14-15,17-18H,12-13,16H2,1-3H3. The van der Waals surface area contributed by atoms with Gasteiger partial charge in [0.2, 0.25) is 0 Å². The fourth-order valence-corrected chi connectivity index (χ4v) is 4.73. The van der Waals surface area contributed by atoms with Gasteiger partial charge in [-0.05, 0) is 54.2 Å². The van der Waals surface area contributed by atoms with Crippen LogP contribution in [0.2, 0.25) is 0 Å². The van der Waals surface area contributed by atoms with Gasteiger partial charge < -0.3 is 4.90 Å². The van der Waals surface area contributed by atoms with E-state index in [1.165, 1.54) is 28.4 Å². The third kappa shape index (κ3) is 4.55. The van der Waals surface area contributed by atoms with Crippen molar-refractivity contribution < 1.29 is 13.2 Å². The number of fused-ring (bicyclic) bond motifs is 1. The number of hydrogen-bond donors (Lipinski definition) is 0. The molecule has 0 saturated heterocycles. The molecule has 2 aromatic carbocycles. The molecule has 180 valence electrons. The normalized spacial score (nSPS) is 13.5. The minimum atomic E-state index is -4.41. The number of anilines is 1. The molecule has 4 nitrogen and oxygen atoms in total. The molecule has 0 spiro atoms. The topological polar surface area (TPSA) is 34.0 Å². The Hall–Kier alpha value is -3.61. The molecule has 7 heteroatoms. The predicted octanol–water partition coefficient (Wildman–Crippen LogP) is 6.95. The Labute approximate surface area is 203 Å². The lowest BCUT2D eigenvalue weighted by atomic mass is 9.95. The van der Waals surface area contributed by atoms with Gasteiger partial charge in [0.05, 0.1) is 22.6 Å². The molecule has 0 amide bonds. The third-order valence-electron chi connectivity index (χ3n) is 6.59. The van der Waals surface area contributed by atoms with Crippen LogP contribution in [0, 0.1) is 6.92 Å². The van der Waals surface area contributed by atoms with Crippen molar-refractivity contribution in [2.75, 3.05) is 11.4 Å². The summed E-state index contributed by atoms with van der Waals surface area (Å²) in [7, 11) is 0. The first-order chi connectivity index (χ1) is 16.7. The van der Waals surface area contributed by atoms with Crippen molar-refractivity contribution in [2.24, 2.45) is 0 Å². The second-order valence-electron chi connectivity index (χ2n) is 9.35. The van der Waals surface area contributed by atoms with Gasteiger partial charge in [0.1, 0.15) is 0 Å². The molecule has 2 aromatic heterocycles. The Morgan fingerprint density at radius 1 is 1.03 bits per heavy atom. The third-order valence-corrected chi connectivity index (χ3v) is 6.59. The minimum Gasteiger partial charge on any atom is -0.367 e. The first kappa shape index (κ1) is 23.1. The molecule has 3 heterocycles. The highest BCUT2D eigenvalue weighted by Crippen LogP contribution is 2.35. The molecule has 0 saturated carbocycles. The summed E-state index contributed by atoms with van der Waals surface area (Å²) >= 11 is 0. The van der Waals surface area contributed by atoms with E-state index in [-0.39, 0.29) is 5.69 Å². The Balaban J connectivity index is 1.37. The van der Waals surface area contributed by atoms with Gasteiger partial charge in [-0.15, -0.1) is 0 Å². The van der Waals surface area contributed by atoms with Gasteiger partial charge in [0, 0.05) is 36.7 Å². The maximum atomic E-state index is 13.1. The van der Waals surface area contributed by atoms with E-state index in [9.17, 15) is 13.2 Å². The molecule has 1 aliphatic heterocycles. The highest BCUT2D eigenvalue weighted by molar-refractivity contribution is 5.71. The van der Waals surface area contributed by atoms with Crippen LogP contribution in [0.15, 0.2) is 67.0 Å². The molecule has 0 radical (unpaired) electrons.